The van der Waals surface area contributed by atoms with Crippen LogP contribution in [0.5, 0.6) is 0 Å². The minimum atomic E-state index is -1.36. The van der Waals surface area contributed by atoms with Gasteiger partial charge in [-0.2, -0.15) is 0 Å². The number of hydrogen-bond donors (Lipinski definition) is 3. The largest absolute Gasteiger partial charge is 1.00 e. The quantitative estimate of drug-likeness (QED) is 0.0597. The van der Waals surface area contributed by atoms with Gasteiger partial charge >= 0.3 is 41.5 Å². The first-order chi connectivity index (χ1) is 41.5. The van der Waals surface area contributed by atoms with E-state index in [0.29, 0.717) is 28.1 Å². The topological polar surface area (TPSA) is 203 Å². The van der Waals surface area contributed by atoms with Crippen LogP contribution in [0.25, 0.3) is 55.6 Å². The molecule has 0 saturated carbocycles. The number of carboxylic acids is 1. The van der Waals surface area contributed by atoms with E-state index in [1.54, 1.807) is 48.8 Å². The number of hydrogen-bond acceptors (Lipinski definition) is 11. The fourth-order valence-electron chi connectivity index (χ4n) is 9.35. The SMILES string of the molecule is Cc1ccccc1-c1ccc(C(=O)OC(C)(C)C)c(N)c1.Cc1ccccc1-c1ccc(C(=O)OC(C)(C)C)c(NC(=O)c2cncc(-c3ccccc3)c2)c1.Cc1ccccc1-c1ccc(C(=O)[O-])c(NC(=O)c2cncc(-c3ccccc3)c2)c1.[Na+]. The van der Waals surface area contributed by atoms with Crippen molar-refractivity contribution in [2.24, 2.45) is 0 Å². The number of nitrogen functional groups attached to an aromatic ring is 1. The van der Waals surface area contributed by atoms with Gasteiger partial charge in [-0.25, -0.2) is 9.59 Å². The van der Waals surface area contributed by atoms with Gasteiger partial charge in [0.2, 0.25) is 0 Å². The first-order valence-corrected chi connectivity index (χ1v) is 28.2. The molecule has 13 nitrogen and oxygen atoms in total. The van der Waals surface area contributed by atoms with Crippen molar-refractivity contribution in [1.82, 2.24) is 9.97 Å². The van der Waals surface area contributed by atoms with E-state index in [-0.39, 0.29) is 52.3 Å². The van der Waals surface area contributed by atoms with Crippen LogP contribution in [0.2, 0.25) is 0 Å². The van der Waals surface area contributed by atoms with Crippen molar-refractivity contribution in [3.8, 4) is 55.6 Å². The Morgan fingerprint density at radius 1 is 0.398 bits per heavy atom. The van der Waals surface area contributed by atoms with Crippen LogP contribution < -0.4 is 51.0 Å². The number of aryl methyl sites for hydroxylation is 3. The molecule has 8 aromatic carbocycles. The Morgan fingerprint density at radius 3 is 1.11 bits per heavy atom. The molecule has 0 atom stereocenters. The fraction of sp³-hybridized carbons (Fsp3) is 0.149. The second-order valence-corrected chi connectivity index (χ2v) is 22.6. The minimum Gasteiger partial charge on any atom is -0.545 e. The molecule has 2 heterocycles. The molecule has 0 aliphatic heterocycles. The number of anilines is 3. The van der Waals surface area contributed by atoms with Crippen LogP contribution in [0.1, 0.15) is 110 Å². The van der Waals surface area contributed by atoms with Gasteiger partial charge in [0.15, 0.2) is 0 Å². The number of aromatic nitrogens is 2. The third-order valence-electron chi connectivity index (χ3n) is 13.6. The van der Waals surface area contributed by atoms with Gasteiger partial charge in [-0.3, -0.25) is 19.6 Å². The molecule has 0 fully saturated rings. The van der Waals surface area contributed by atoms with Crippen molar-refractivity contribution in [1.29, 1.82) is 0 Å². The van der Waals surface area contributed by atoms with Crippen molar-refractivity contribution in [3.63, 3.8) is 0 Å². The molecule has 0 bridgehead atoms. The molecule has 10 aromatic rings. The number of carbonyl (C=O) groups excluding carboxylic acids is 5. The maximum Gasteiger partial charge on any atom is 1.00 e. The molecule has 2 amide bonds. The second-order valence-electron chi connectivity index (χ2n) is 22.6. The molecule has 0 spiro atoms. The molecule has 0 saturated heterocycles. The molecular weight excluding hydrogens is 1110 g/mol. The summed E-state index contributed by atoms with van der Waals surface area (Å²) in [6.07, 6.45) is 6.36. The Hall–Kier alpha value is -9.79. The number of pyridine rings is 2. The first-order valence-electron chi connectivity index (χ1n) is 28.2. The molecule has 0 aliphatic rings. The number of benzene rings is 8. The van der Waals surface area contributed by atoms with E-state index in [0.717, 1.165) is 66.8 Å². The van der Waals surface area contributed by atoms with Crippen molar-refractivity contribution in [2.75, 3.05) is 16.4 Å². The summed E-state index contributed by atoms with van der Waals surface area (Å²) in [7, 11) is 0. The number of esters is 2. The van der Waals surface area contributed by atoms with Gasteiger partial charge in [0.05, 0.1) is 39.6 Å². The normalized spacial score (nSPS) is 10.8. The Kier molecular flexibility index (Phi) is 22.1. The summed E-state index contributed by atoms with van der Waals surface area (Å²) in [5.41, 5.74) is 19.8. The summed E-state index contributed by atoms with van der Waals surface area (Å²) in [6.45, 7) is 17.0. The molecule has 0 radical (unpaired) electrons. The number of nitrogens with one attached hydrogen (secondary N) is 2. The number of aromatic carboxylic acids is 1. The maximum absolute atomic E-state index is 13.3. The molecule has 88 heavy (non-hydrogen) atoms. The standard InChI is InChI=1S/C30H28N2O3.C26H20N2O3.C18H21NO2.Na/c1-20-10-8-9-13-25(20)22-14-15-26(29(34)35-30(2,3)4)27(17-22)32-28(33)24-16-23(18-31-19-24)21-11-6-5-7-12-21;1-17-7-5-6-10-22(17)19-11-12-23(26(30)31)24(14-19)28-25(29)21-13-20(15-27-16-21)18-8-3-2-4-9-18;1-12-7-5-6-8-14(12)13-9-10-15(16(19)11-13)17(20)21-18(2,3)4;/h5-19H,1-4H3,(H,32,33);2-16H,1H3,(H,28,29)(H,30,31);5-11H,19H2,1-4H3;/q;;;+1/p-1. The monoisotopic (exact) mass is 1180 g/mol. The number of nitrogens with zero attached hydrogens (tertiary/aromatic N) is 2. The van der Waals surface area contributed by atoms with E-state index < -0.39 is 35.0 Å². The van der Waals surface area contributed by atoms with Gasteiger partial charge in [0, 0.05) is 47.2 Å². The van der Waals surface area contributed by atoms with Crippen molar-refractivity contribution >= 4 is 46.8 Å². The van der Waals surface area contributed by atoms with Gasteiger partial charge in [-0.05, 0) is 166 Å². The van der Waals surface area contributed by atoms with Gasteiger partial charge in [0.25, 0.3) is 11.8 Å². The van der Waals surface area contributed by atoms with Gasteiger partial charge in [-0.1, -0.05) is 158 Å². The summed E-state index contributed by atoms with van der Waals surface area (Å²) in [4.78, 5) is 71.3. The molecule has 0 aliphatic carbocycles. The zero-order valence-corrected chi connectivity index (χ0v) is 53.1. The van der Waals surface area contributed by atoms with Crippen molar-refractivity contribution in [3.05, 3.63) is 269 Å². The predicted octanol–water partition coefficient (Wildman–Crippen LogP) is 12.5. The summed E-state index contributed by atoms with van der Waals surface area (Å²) in [5.74, 6) is -3.06. The Labute approximate surface area is 536 Å². The van der Waals surface area contributed by atoms with Crippen LogP contribution in [0.15, 0.2) is 225 Å². The predicted molar refractivity (Wildman–Crippen MR) is 344 cm³/mol. The van der Waals surface area contributed by atoms with E-state index in [1.807, 2.05) is 220 Å². The zero-order chi connectivity index (χ0) is 62.4. The van der Waals surface area contributed by atoms with Gasteiger partial charge < -0.3 is 35.7 Å². The van der Waals surface area contributed by atoms with E-state index in [4.69, 9.17) is 15.2 Å². The average molecular weight is 1180 g/mol. The number of carboxylic acid groups (broad SMARTS) is 1. The van der Waals surface area contributed by atoms with Crippen LogP contribution in [0.4, 0.5) is 17.1 Å². The first kappa shape index (κ1) is 65.7. The molecule has 2 aromatic heterocycles. The van der Waals surface area contributed by atoms with Crippen LogP contribution in [-0.2, 0) is 9.47 Å². The van der Waals surface area contributed by atoms with E-state index in [1.165, 1.54) is 24.0 Å². The third-order valence-corrected chi connectivity index (χ3v) is 13.6. The molecule has 14 heteroatoms. The summed E-state index contributed by atoms with van der Waals surface area (Å²) in [6, 6.07) is 62.3. The summed E-state index contributed by atoms with van der Waals surface area (Å²) in [5, 5.41) is 17.3. The number of rotatable bonds is 12. The molecule has 10 rings (SSSR count). The van der Waals surface area contributed by atoms with Crippen LogP contribution in [0.3, 0.4) is 0 Å². The van der Waals surface area contributed by atoms with E-state index >= 15 is 0 Å². The summed E-state index contributed by atoms with van der Waals surface area (Å²) < 4.78 is 11.0. The third kappa shape index (κ3) is 17.7. The van der Waals surface area contributed by atoms with Crippen LogP contribution in [-0.4, -0.2) is 50.9 Å². The maximum atomic E-state index is 13.3. The van der Waals surface area contributed by atoms with E-state index in [2.05, 4.69) is 20.6 Å². The Balaban J connectivity index is 0.000000193. The fourth-order valence-corrected chi connectivity index (χ4v) is 9.35. The van der Waals surface area contributed by atoms with Gasteiger partial charge in [0.1, 0.15) is 11.2 Å². The van der Waals surface area contributed by atoms with Crippen molar-refractivity contribution < 1.29 is 68.1 Å². The van der Waals surface area contributed by atoms with Crippen molar-refractivity contribution in [2.45, 2.75) is 73.5 Å². The molecule has 0 unspecified atom stereocenters. The summed E-state index contributed by atoms with van der Waals surface area (Å²) >= 11 is 0. The van der Waals surface area contributed by atoms with Gasteiger partial charge in [-0.15, -0.1) is 0 Å². The average Bonchev–Trinajstić information content (AvgIpc) is 3.67. The number of nitrogens with two attached hydrogens (primary N) is 1. The van der Waals surface area contributed by atoms with Crippen LogP contribution in [0, 0.1) is 20.8 Å². The minimum absolute atomic E-state index is 0. The second kappa shape index (κ2) is 29.5. The number of amides is 2. The molecular formula is C74H68N5NaO8. The Morgan fingerprint density at radius 2 is 0.739 bits per heavy atom. The number of ether oxygens (including phenoxy) is 2. The van der Waals surface area contributed by atoms with E-state index in [9.17, 15) is 29.1 Å². The smallest absolute Gasteiger partial charge is 0.545 e. The molecule has 438 valence electrons. The molecule has 4 N–H and O–H groups in total. The Bertz CT molecular complexity index is 4140. The zero-order valence-electron chi connectivity index (χ0n) is 51.1. The number of carbonyl (C=O) groups is 5. The van der Waals surface area contributed by atoms with Crippen LogP contribution >= 0.6 is 0 Å².